The van der Waals surface area contributed by atoms with Crippen LogP contribution in [0.15, 0.2) is 28.8 Å². The van der Waals surface area contributed by atoms with Gasteiger partial charge in [0.1, 0.15) is 0 Å². The third-order valence-electron chi connectivity index (χ3n) is 3.37. The summed E-state index contributed by atoms with van der Waals surface area (Å²) in [5.74, 6) is 2.05. The average Bonchev–Trinajstić information content (AvgIpc) is 2.87. The molecule has 2 aromatic rings. The summed E-state index contributed by atoms with van der Waals surface area (Å²) in [4.78, 5) is 4.47. The van der Waals surface area contributed by atoms with E-state index in [1.807, 2.05) is 31.3 Å². The van der Waals surface area contributed by atoms with Crippen molar-refractivity contribution >= 4 is 11.6 Å². The predicted octanol–water partition coefficient (Wildman–Crippen LogP) is 3.49. The topological polar surface area (TPSA) is 51.0 Å². The van der Waals surface area contributed by atoms with Gasteiger partial charge in [-0.05, 0) is 37.1 Å². The van der Waals surface area contributed by atoms with Crippen molar-refractivity contribution < 1.29 is 4.52 Å². The largest absolute Gasteiger partial charge is 0.339 e. The summed E-state index contributed by atoms with van der Waals surface area (Å²) in [7, 11) is 1.97. The second-order valence-electron chi connectivity index (χ2n) is 5.73. The van der Waals surface area contributed by atoms with Gasteiger partial charge in [0, 0.05) is 23.9 Å². The number of nitrogens with one attached hydrogen (secondary N) is 1. The average molecular weight is 308 g/mol. The number of nitrogens with zero attached hydrogens (tertiary/aromatic N) is 2. The summed E-state index contributed by atoms with van der Waals surface area (Å²) in [5.41, 5.74) is 1.12. The van der Waals surface area contributed by atoms with Crippen LogP contribution < -0.4 is 5.32 Å². The Balaban J connectivity index is 1.95. The van der Waals surface area contributed by atoms with Crippen LogP contribution in [0, 0.1) is 5.92 Å². The van der Waals surface area contributed by atoms with Gasteiger partial charge < -0.3 is 9.84 Å². The highest BCUT2D eigenvalue weighted by atomic mass is 35.5. The molecule has 2 rings (SSSR count). The fraction of sp³-hybridized carbons (Fsp3) is 0.500. The number of hydrogen-bond acceptors (Lipinski definition) is 4. The number of benzene rings is 1. The monoisotopic (exact) mass is 307 g/mol. The Labute approximate surface area is 130 Å². The Kier molecular flexibility index (Phi) is 5.76. The van der Waals surface area contributed by atoms with Crippen LogP contribution in [0.3, 0.4) is 0 Å². The minimum absolute atomic E-state index is 0.369. The van der Waals surface area contributed by atoms with Crippen LogP contribution in [0.2, 0.25) is 5.02 Å². The van der Waals surface area contributed by atoms with E-state index >= 15 is 0 Å². The SMILES string of the molecule is CNC(Cc1nc(Cc2ccc(Cl)cc2)no1)CC(C)C. The molecule has 1 heterocycles. The molecular formula is C16H22ClN3O. The molecule has 1 atom stereocenters. The van der Waals surface area contributed by atoms with Crippen LogP contribution in [0.5, 0.6) is 0 Å². The molecule has 0 bridgehead atoms. The van der Waals surface area contributed by atoms with E-state index in [0.29, 0.717) is 30.1 Å². The van der Waals surface area contributed by atoms with Gasteiger partial charge in [-0.1, -0.05) is 42.7 Å². The Morgan fingerprint density at radius 2 is 1.95 bits per heavy atom. The van der Waals surface area contributed by atoms with Crippen molar-refractivity contribution in [3.05, 3.63) is 46.6 Å². The highest BCUT2D eigenvalue weighted by Crippen LogP contribution is 2.14. The van der Waals surface area contributed by atoms with Crippen molar-refractivity contribution in [2.75, 3.05) is 7.05 Å². The molecule has 1 unspecified atom stereocenters. The summed E-state index contributed by atoms with van der Waals surface area (Å²) < 4.78 is 5.35. The molecule has 0 saturated heterocycles. The molecule has 0 spiro atoms. The molecule has 0 aliphatic carbocycles. The van der Waals surface area contributed by atoms with Gasteiger partial charge in [0.05, 0.1) is 0 Å². The Morgan fingerprint density at radius 3 is 2.57 bits per heavy atom. The Morgan fingerprint density at radius 1 is 1.24 bits per heavy atom. The number of hydrogen-bond donors (Lipinski definition) is 1. The maximum Gasteiger partial charge on any atom is 0.228 e. The summed E-state index contributed by atoms with van der Waals surface area (Å²) in [6, 6.07) is 8.07. The second kappa shape index (κ2) is 7.57. The lowest BCUT2D eigenvalue weighted by Crippen LogP contribution is -2.29. The van der Waals surface area contributed by atoms with Gasteiger partial charge in [-0.25, -0.2) is 0 Å². The van der Waals surface area contributed by atoms with E-state index in [0.717, 1.165) is 23.4 Å². The van der Waals surface area contributed by atoms with E-state index in [-0.39, 0.29) is 0 Å². The summed E-state index contributed by atoms with van der Waals surface area (Å²) in [6.07, 6.45) is 2.52. The first-order valence-corrected chi connectivity index (χ1v) is 7.67. The van der Waals surface area contributed by atoms with Crippen molar-refractivity contribution in [2.45, 2.75) is 39.2 Å². The van der Waals surface area contributed by atoms with Crippen LogP contribution in [-0.2, 0) is 12.8 Å². The van der Waals surface area contributed by atoms with E-state index in [4.69, 9.17) is 16.1 Å². The summed E-state index contributed by atoms with van der Waals surface area (Å²) >= 11 is 5.88. The molecule has 4 nitrogen and oxygen atoms in total. The van der Waals surface area contributed by atoms with Crippen LogP contribution in [0.4, 0.5) is 0 Å². The Hall–Kier alpha value is -1.39. The van der Waals surface area contributed by atoms with Crippen LogP contribution in [-0.4, -0.2) is 23.2 Å². The third-order valence-corrected chi connectivity index (χ3v) is 3.62. The predicted molar refractivity (Wildman–Crippen MR) is 84.6 cm³/mol. The number of rotatable bonds is 7. The zero-order chi connectivity index (χ0) is 15.2. The number of likely N-dealkylation sites (N-methyl/N-ethyl adjacent to an activating group) is 1. The minimum Gasteiger partial charge on any atom is -0.339 e. The summed E-state index contributed by atoms with van der Waals surface area (Å²) in [5, 5.41) is 8.09. The third kappa shape index (κ3) is 5.14. The van der Waals surface area contributed by atoms with E-state index in [9.17, 15) is 0 Å². The molecule has 0 amide bonds. The molecule has 114 valence electrons. The highest BCUT2D eigenvalue weighted by molar-refractivity contribution is 6.30. The van der Waals surface area contributed by atoms with Gasteiger partial charge in [0.25, 0.3) is 0 Å². The maximum absolute atomic E-state index is 5.88. The second-order valence-corrected chi connectivity index (χ2v) is 6.16. The lowest BCUT2D eigenvalue weighted by Gasteiger charge is -2.15. The fourth-order valence-corrected chi connectivity index (χ4v) is 2.44. The first kappa shape index (κ1) is 16.0. The molecule has 0 aliphatic heterocycles. The van der Waals surface area contributed by atoms with E-state index in [1.165, 1.54) is 0 Å². The maximum atomic E-state index is 5.88. The minimum atomic E-state index is 0.369. The zero-order valence-electron chi connectivity index (χ0n) is 12.8. The number of halogens is 1. The molecule has 1 N–H and O–H groups in total. The van der Waals surface area contributed by atoms with Crippen molar-refractivity contribution in [2.24, 2.45) is 5.92 Å². The molecule has 0 fully saturated rings. The van der Waals surface area contributed by atoms with Crippen LogP contribution in [0.25, 0.3) is 0 Å². The zero-order valence-corrected chi connectivity index (χ0v) is 13.5. The van der Waals surface area contributed by atoms with Crippen molar-refractivity contribution in [1.29, 1.82) is 0 Å². The summed E-state index contributed by atoms with van der Waals surface area (Å²) in [6.45, 7) is 4.42. The quantitative estimate of drug-likeness (QED) is 0.850. The fourth-order valence-electron chi connectivity index (χ4n) is 2.31. The van der Waals surface area contributed by atoms with Crippen LogP contribution >= 0.6 is 11.6 Å². The lowest BCUT2D eigenvalue weighted by atomic mass is 10.0. The molecule has 21 heavy (non-hydrogen) atoms. The first-order chi connectivity index (χ1) is 10.1. The highest BCUT2D eigenvalue weighted by Gasteiger charge is 2.14. The molecule has 0 aliphatic rings. The smallest absolute Gasteiger partial charge is 0.228 e. The molecular weight excluding hydrogens is 286 g/mol. The van der Waals surface area contributed by atoms with Gasteiger partial charge >= 0.3 is 0 Å². The van der Waals surface area contributed by atoms with Crippen molar-refractivity contribution in [3.8, 4) is 0 Å². The van der Waals surface area contributed by atoms with E-state index in [1.54, 1.807) is 0 Å². The van der Waals surface area contributed by atoms with Gasteiger partial charge in [-0.15, -0.1) is 0 Å². The number of aromatic nitrogens is 2. The van der Waals surface area contributed by atoms with Gasteiger partial charge in [0.15, 0.2) is 5.82 Å². The standard InChI is InChI=1S/C16H22ClN3O/c1-11(2)8-14(18-3)10-16-19-15(20-21-16)9-12-4-6-13(17)7-5-12/h4-7,11,14,18H,8-10H2,1-3H3. The van der Waals surface area contributed by atoms with E-state index in [2.05, 4.69) is 29.3 Å². The molecule has 1 aromatic heterocycles. The molecule has 0 saturated carbocycles. The normalized spacial score (nSPS) is 12.8. The van der Waals surface area contributed by atoms with Gasteiger partial charge in [0.2, 0.25) is 5.89 Å². The molecule has 1 aromatic carbocycles. The Bertz CT molecular complexity index is 551. The lowest BCUT2D eigenvalue weighted by molar-refractivity contribution is 0.342. The molecule has 0 radical (unpaired) electrons. The van der Waals surface area contributed by atoms with Crippen molar-refractivity contribution in [3.63, 3.8) is 0 Å². The van der Waals surface area contributed by atoms with E-state index < -0.39 is 0 Å². The molecule has 5 heteroatoms. The van der Waals surface area contributed by atoms with Gasteiger partial charge in [-0.2, -0.15) is 4.98 Å². The van der Waals surface area contributed by atoms with Crippen LogP contribution in [0.1, 0.15) is 37.5 Å². The van der Waals surface area contributed by atoms with Gasteiger partial charge in [-0.3, -0.25) is 0 Å². The van der Waals surface area contributed by atoms with Crippen molar-refractivity contribution in [1.82, 2.24) is 15.5 Å². The first-order valence-electron chi connectivity index (χ1n) is 7.30.